The molecule has 0 radical (unpaired) electrons. The summed E-state index contributed by atoms with van der Waals surface area (Å²) in [5.74, 6) is 0. The van der Waals surface area contributed by atoms with Gasteiger partial charge in [-0.2, -0.15) is 5.10 Å². The van der Waals surface area contributed by atoms with Crippen LogP contribution < -0.4 is 5.32 Å². The molecule has 108 valence electrons. The minimum absolute atomic E-state index is 0.186. The summed E-state index contributed by atoms with van der Waals surface area (Å²) in [5, 5.41) is 8.05. The van der Waals surface area contributed by atoms with Crippen molar-refractivity contribution in [2.24, 2.45) is 7.05 Å². The standard InChI is InChI=1S/C14H26N4O/c1-4-7-18-9-10-19-13(11-18)14(15-5-2)12-6-8-17(3)16-12/h6,8,13-15H,4-5,7,9-11H2,1-3H3. The van der Waals surface area contributed by atoms with Crippen LogP contribution in [0.3, 0.4) is 0 Å². The molecule has 19 heavy (non-hydrogen) atoms. The van der Waals surface area contributed by atoms with Crippen LogP contribution in [0.1, 0.15) is 32.0 Å². The van der Waals surface area contributed by atoms with Gasteiger partial charge >= 0.3 is 0 Å². The van der Waals surface area contributed by atoms with Gasteiger partial charge in [0.15, 0.2) is 0 Å². The molecule has 0 aliphatic carbocycles. The zero-order chi connectivity index (χ0) is 13.7. The molecule has 2 unspecified atom stereocenters. The molecule has 0 amide bonds. The molecule has 5 heteroatoms. The van der Waals surface area contributed by atoms with Crippen molar-refractivity contribution in [3.8, 4) is 0 Å². The third kappa shape index (κ3) is 3.78. The number of morpholine rings is 1. The molecule has 1 aliphatic heterocycles. The lowest BCUT2D eigenvalue weighted by molar-refractivity contribution is -0.0475. The van der Waals surface area contributed by atoms with Crippen molar-refractivity contribution >= 4 is 0 Å². The van der Waals surface area contributed by atoms with Crippen LogP contribution in [0.25, 0.3) is 0 Å². The highest BCUT2D eigenvalue weighted by Gasteiger charge is 2.29. The number of aryl methyl sites for hydroxylation is 1. The third-order valence-corrected chi connectivity index (χ3v) is 3.57. The number of hydrogen-bond donors (Lipinski definition) is 1. The zero-order valence-electron chi connectivity index (χ0n) is 12.3. The van der Waals surface area contributed by atoms with Crippen LogP contribution in [-0.2, 0) is 11.8 Å². The first-order valence-corrected chi connectivity index (χ1v) is 7.31. The van der Waals surface area contributed by atoms with Gasteiger partial charge in [0.05, 0.1) is 24.4 Å². The van der Waals surface area contributed by atoms with E-state index in [1.807, 2.05) is 17.9 Å². The van der Waals surface area contributed by atoms with E-state index >= 15 is 0 Å². The second-order valence-corrected chi connectivity index (χ2v) is 5.16. The molecular formula is C14H26N4O. The molecule has 1 N–H and O–H groups in total. The van der Waals surface area contributed by atoms with Gasteiger partial charge < -0.3 is 10.1 Å². The summed E-state index contributed by atoms with van der Waals surface area (Å²) in [6.45, 7) is 9.29. The topological polar surface area (TPSA) is 42.3 Å². The van der Waals surface area contributed by atoms with Gasteiger partial charge in [-0.1, -0.05) is 13.8 Å². The van der Waals surface area contributed by atoms with Crippen molar-refractivity contribution in [1.82, 2.24) is 20.0 Å². The Balaban J connectivity index is 2.05. The van der Waals surface area contributed by atoms with Gasteiger partial charge in [0.1, 0.15) is 0 Å². The largest absolute Gasteiger partial charge is 0.374 e. The fraction of sp³-hybridized carbons (Fsp3) is 0.786. The van der Waals surface area contributed by atoms with Crippen molar-refractivity contribution in [2.45, 2.75) is 32.4 Å². The second kappa shape index (κ2) is 7.03. The molecule has 0 bridgehead atoms. The highest BCUT2D eigenvalue weighted by Crippen LogP contribution is 2.21. The number of hydrogen-bond acceptors (Lipinski definition) is 4. The van der Waals surface area contributed by atoms with E-state index in [1.54, 1.807) is 0 Å². The van der Waals surface area contributed by atoms with Crippen molar-refractivity contribution in [2.75, 3.05) is 32.8 Å². The van der Waals surface area contributed by atoms with E-state index in [2.05, 4.69) is 35.2 Å². The SMILES string of the molecule is CCCN1CCOC(C(NCC)c2ccn(C)n2)C1. The maximum Gasteiger partial charge on any atom is 0.0913 e. The Morgan fingerprint density at radius 2 is 2.37 bits per heavy atom. The average molecular weight is 266 g/mol. The summed E-state index contributed by atoms with van der Waals surface area (Å²) in [5.41, 5.74) is 1.08. The molecule has 1 aromatic rings. The first kappa shape index (κ1) is 14.5. The van der Waals surface area contributed by atoms with Crippen LogP contribution in [0.2, 0.25) is 0 Å². The second-order valence-electron chi connectivity index (χ2n) is 5.16. The molecule has 1 aromatic heterocycles. The van der Waals surface area contributed by atoms with Crippen molar-refractivity contribution < 1.29 is 4.74 Å². The minimum Gasteiger partial charge on any atom is -0.374 e. The first-order chi connectivity index (χ1) is 9.24. The quantitative estimate of drug-likeness (QED) is 0.839. The van der Waals surface area contributed by atoms with Gasteiger partial charge in [0.25, 0.3) is 0 Å². The summed E-state index contributed by atoms with van der Waals surface area (Å²) in [6.07, 6.45) is 3.38. The maximum absolute atomic E-state index is 5.98. The molecule has 0 spiro atoms. The zero-order valence-corrected chi connectivity index (χ0v) is 12.3. The molecule has 5 nitrogen and oxygen atoms in total. The van der Waals surface area contributed by atoms with Gasteiger partial charge in [-0.3, -0.25) is 9.58 Å². The highest BCUT2D eigenvalue weighted by molar-refractivity contribution is 5.08. The predicted octanol–water partition coefficient (Wildman–Crippen LogP) is 1.18. The summed E-state index contributed by atoms with van der Waals surface area (Å²) < 4.78 is 7.83. The number of rotatable bonds is 6. The van der Waals surface area contributed by atoms with E-state index in [4.69, 9.17) is 4.74 Å². The number of aromatic nitrogens is 2. The van der Waals surface area contributed by atoms with Crippen molar-refractivity contribution in [3.63, 3.8) is 0 Å². The summed E-state index contributed by atoms with van der Waals surface area (Å²) >= 11 is 0. The number of nitrogens with zero attached hydrogens (tertiary/aromatic N) is 3. The van der Waals surface area contributed by atoms with Gasteiger partial charge in [0.2, 0.25) is 0 Å². The molecule has 1 saturated heterocycles. The van der Waals surface area contributed by atoms with E-state index in [0.717, 1.165) is 38.5 Å². The van der Waals surface area contributed by atoms with Crippen LogP contribution in [0.4, 0.5) is 0 Å². The molecule has 0 saturated carbocycles. The molecule has 0 aromatic carbocycles. The van der Waals surface area contributed by atoms with Crippen molar-refractivity contribution in [3.05, 3.63) is 18.0 Å². The first-order valence-electron chi connectivity index (χ1n) is 7.31. The number of nitrogens with one attached hydrogen (secondary N) is 1. The van der Waals surface area contributed by atoms with Gasteiger partial charge in [0, 0.05) is 26.3 Å². The third-order valence-electron chi connectivity index (χ3n) is 3.57. The molecule has 2 atom stereocenters. The average Bonchev–Trinajstić information content (AvgIpc) is 2.83. The molecule has 2 rings (SSSR count). The Labute approximate surface area is 115 Å². The Kier molecular flexibility index (Phi) is 5.36. The van der Waals surface area contributed by atoms with E-state index in [-0.39, 0.29) is 12.1 Å². The lowest BCUT2D eigenvalue weighted by atomic mass is 10.1. The summed E-state index contributed by atoms with van der Waals surface area (Å²) in [4.78, 5) is 2.49. The van der Waals surface area contributed by atoms with Crippen LogP contribution in [-0.4, -0.2) is 53.6 Å². The summed E-state index contributed by atoms with van der Waals surface area (Å²) in [6, 6.07) is 2.26. The van der Waals surface area contributed by atoms with E-state index < -0.39 is 0 Å². The maximum atomic E-state index is 5.98. The molecular weight excluding hydrogens is 240 g/mol. The lowest BCUT2D eigenvalue weighted by Gasteiger charge is -2.36. The normalized spacial score (nSPS) is 22.6. The predicted molar refractivity (Wildman–Crippen MR) is 76.1 cm³/mol. The van der Waals surface area contributed by atoms with Gasteiger partial charge in [-0.15, -0.1) is 0 Å². The monoisotopic (exact) mass is 266 g/mol. The fourth-order valence-corrected chi connectivity index (χ4v) is 2.70. The Morgan fingerprint density at radius 3 is 3.00 bits per heavy atom. The molecule has 1 aliphatic rings. The Morgan fingerprint density at radius 1 is 1.53 bits per heavy atom. The fourth-order valence-electron chi connectivity index (χ4n) is 2.70. The number of ether oxygens (including phenoxy) is 1. The van der Waals surface area contributed by atoms with Crippen molar-refractivity contribution in [1.29, 1.82) is 0 Å². The molecule has 1 fully saturated rings. The smallest absolute Gasteiger partial charge is 0.0913 e. The van der Waals surface area contributed by atoms with Crippen LogP contribution in [0.15, 0.2) is 12.3 Å². The Bertz CT molecular complexity index is 377. The molecule has 2 heterocycles. The van der Waals surface area contributed by atoms with Gasteiger partial charge in [-0.25, -0.2) is 0 Å². The Hall–Kier alpha value is -0.910. The van der Waals surface area contributed by atoms with E-state index in [9.17, 15) is 0 Å². The lowest BCUT2D eigenvalue weighted by Crippen LogP contribution is -2.48. The van der Waals surface area contributed by atoms with Crippen LogP contribution >= 0.6 is 0 Å². The van der Waals surface area contributed by atoms with Gasteiger partial charge in [-0.05, 0) is 25.6 Å². The number of likely N-dealkylation sites (N-methyl/N-ethyl adjacent to an activating group) is 1. The van der Waals surface area contributed by atoms with Crippen LogP contribution in [0.5, 0.6) is 0 Å². The minimum atomic E-state index is 0.186. The summed E-state index contributed by atoms with van der Waals surface area (Å²) in [7, 11) is 1.96. The van der Waals surface area contributed by atoms with E-state index in [1.165, 1.54) is 6.42 Å². The highest BCUT2D eigenvalue weighted by atomic mass is 16.5. The van der Waals surface area contributed by atoms with Crippen LogP contribution in [0, 0.1) is 0 Å². The van der Waals surface area contributed by atoms with E-state index in [0.29, 0.717) is 0 Å².